The number of rotatable bonds is 9. The summed E-state index contributed by atoms with van der Waals surface area (Å²) >= 11 is 0. The van der Waals surface area contributed by atoms with Crippen molar-refractivity contribution in [3.63, 3.8) is 0 Å². The Morgan fingerprint density at radius 3 is 2.26 bits per heavy atom. The Labute approximate surface area is 114 Å². The quantitative estimate of drug-likeness (QED) is 0.387. The highest BCUT2D eigenvalue weighted by Gasteiger charge is 2.14. The van der Waals surface area contributed by atoms with Gasteiger partial charge < -0.3 is 0 Å². The first kappa shape index (κ1) is 15.1. The van der Waals surface area contributed by atoms with Gasteiger partial charge in [-0.3, -0.25) is 15.0 Å². The Hall–Kier alpha value is -1.94. The van der Waals surface area contributed by atoms with Crippen LogP contribution >= 0.6 is 0 Å². The normalized spacial score (nSPS) is 10.4. The van der Waals surface area contributed by atoms with Crippen molar-refractivity contribution in [2.24, 2.45) is 0 Å². The van der Waals surface area contributed by atoms with Crippen LogP contribution in [0.1, 0.15) is 18.4 Å². The van der Waals surface area contributed by atoms with E-state index in [1.54, 1.807) is 12.1 Å². The predicted molar refractivity (Wildman–Crippen MR) is 78.0 cm³/mol. The van der Waals surface area contributed by atoms with Gasteiger partial charge in [-0.2, -0.15) is 0 Å². The molecule has 102 valence electrons. The van der Waals surface area contributed by atoms with Gasteiger partial charge in [0.15, 0.2) is 0 Å². The van der Waals surface area contributed by atoms with Crippen LogP contribution in [0.2, 0.25) is 0 Å². The van der Waals surface area contributed by atoms with Crippen molar-refractivity contribution >= 4 is 5.69 Å². The topological polar surface area (TPSA) is 46.4 Å². The van der Waals surface area contributed by atoms with Crippen LogP contribution in [0.3, 0.4) is 0 Å². The van der Waals surface area contributed by atoms with Crippen LogP contribution in [-0.4, -0.2) is 22.9 Å². The van der Waals surface area contributed by atoms with E-state index in [1.165, 1.54) is 0 Å². The average molecular weight is 260 g/mol. The Kier molecular flexibility index (Phi) is 6.53. The van der Waals surface area contributed by atoms with Crippen molar-refractivity contribution in [2.75, 3.05) is 13.1 Å². The molecule has 0 amide bonds. The number of benzene rings is 1. The Bertz CT molecular complexity index is 432. The predicted octanol–water partition coefficient (Wildman–Crippen LogP) is 3.55. The third-order valence-corrected chi connectivity index (χ3v) is 2.88. The fourth-order valence-corrected chi connectivity index (χ4v) is 1.88. The van der Waals surface area contributed by atoms with Crippen molar-refractivity contribution < 1.29 is 4.92 Å². The molecule has 0 fully saturated rings. The van der Waals surface area contributed by atoms with Crippen LogP contribution < -0.4 is 0 Å². The molecule has 0 saturated carbocycles. The molecule has 0 N–H and O–H groups in total. The molecule has 0 aliphatic carbocycles. The maximum Gasteiger partial charge on any atom is 0.273 e. The summed E-state index contributed by atoms with van der Waals surface area (Å²) in [6, 6.07) is 6.89. The van der Waals surface area contributed by atoms with E-state index in [4.69, 9.17) is 0 Å². The van der Waals surface area contributed by atoms with E-state index in [0.29, 0.717) is 6.54 Å². The smallest absolute Gasteiger partial charge is 0.273 e. The standard InChI is InChI=1S/C15H20N2O2/c1-3-5-11-16(12-6-4-2)13-14-9-7-8-10-15(14)17(18)19/h3-4,7-10H,1-2,5-6,11-13H2. The van der Waals surface area contributed by atoms with Crippen LogP contribution in [0, 0.1) is 10.1 Å². The largest absolute Gasteiger partial charge is 0.298 e. The summed E-state index contributed by atoms with van der Waals surface area (Å²) in [5.41, 5.74) is 0.935. The van der Waals surface area contributed by atoms with E-state index in [-0.39, 0.29) is 10.6 Å². The van der Waals surface area contributed by atoms with Crippen molar-refractivity contribution in [2.45, 2.75) is 19.4 Å². The molecule has 0 heterocycles. The molecule has 0 atom stereocenters. The maximum absolute atomic E-state index is 11.0. The second-order valence-corrected chi connectivity index (χ2v) is 4.32. The second-order valence-electron chi connectivity index (χ2n) is 4.32. The maximum atomic E-state index is 11.0. The van der Waals surface area contributed by atoms with Crippen LogP contribution in [0.5, 0.6) is 0 Å². The van der Waals surface area contributed by atoms with E-state index in [2.05, 4.69) is 18.1 Å². The van der Waals surface area contributed by atoms with Gasteiger partial charge in [-0.05, 0) is 12.8 Å². The van der Waals surface area contributed by atoms with Gasteiger partial charge in [-0.1, -0.05) is 30.4 Å². The van der Waals surface area contributed by atoms with E-state index in [0.717, 1.165) is 31.5 Å². The molecule has 0 bridgehead atoms. The molecular weight excluding hydrogens is 240 g/mol. The van der Waals surface area contributed by atoms with Gasteiger partial charge in [-0.15, -0.1) is 13.2 Å². The number of nitro groups is 1. The minimum Gasteiger partial charge on any atom is -0.298 e. The van der Waals surface area contributed by atoms with Gasteiger partial charge in [0.05, 0.1) is 4.92 Å². The second kappa shape index (κ2) is 8.21. The monoisotopic (exact) mass is 260 g/mol. The number of para-hydroxylation sites is 1. The molecule has 0 aliphatic heterocycles. The van der Waals surface area contributed by atoms with Gasteiger partial charge in [0, 0.05) is 31.3 Å². The molecule has 0 aromatic heterocycles. The summed E-state index contributed by atoms with van der Waals surface area (Å²) in [7, 11) is 0. The summed E-state index contributed by atoms with van der Waals surface area (Å²) in [4.78, 5) is 12.8. The highest BCUT2D eigenvalue weighted by atomic mass is 16.6. The zero-order valence-corrected chi connectivity index (χ0v) is 11.1. The molecule has 4 heteroatoms. The third kappa shape index (κ3) is 5.06. The first-order valence-corrected chi connectivity index (χ1v) is 6.35. The Balaban J connectivity index is 2.79. The van der Waals surface area contributed by atoms with Gasteiger partial charge in [0.2, 0.25) is 0 Å². The average Bonchev–Trinajstić information content (AvgIpc) is 2.42. The molecular formula is C15H20N2O2. The van der Waals surface area contributed by atoms with Crippen LogP contribution in [-0.2, 0) is 6.54 Å². The molecule has 0 unspecified atom stereocenters. The van der Waals surface area contributed by atoms with Gasteiger partial charge >= 0.3 is 0 Å². The summed E-state index contributed by atoms with van der Waals surface area (Å²) in [6.45, 7) is 9.70. The van der Waals surface area contributed by atoms with Crippen molar-refractivity contribution in [1.29, 1.82) is 0 Å². The first-order chi connectivity index (χ1) is 9.19. The molecule has 4 nitrogen and oxygen atoms in total. The number of nitrogens with zero attached hydrogens (tertiary/aromatic N) is 2. The van der Waals surface area contributed by atoms with Crippen molar-refractivity contribution in [3.05, 3.63) is 65.3 Å². The minimum absolute atomic E-state index is 0.185. The van der Waals surface area contributed by atoms with Crippen molar-refractivity contribution in [3.8, 4) is 0 Å². The summed E-state index contributed by atoms with van der Waals surface area (Å²) in [5.74, 6) is 0. The molecule has 0 radical (unpaired) electrons. The lowest BCUT2D eigenvalue weighted by Crippen LogP contribution is -2.25. The third-order valence-electron chi connectivity index (χ3n) is 2.88. The zero-order chi connectivity index (χ0) is 14.1. The number of hydrogen-bond donors (Lipinski definition) is 0. The highest BCUT2D eigenvalue weighted by Crippen LogP contribution is 2.19. The molecule has 1 aromatic carbocycles. The lowest BCUT2D eigenvalue weighted by molar-refractivity contribution is -0.385. The molecule has 0 aliphatic rings. The highest BCUT2D eigenvalue weighted by molar-refractivity contribution is 5.39. The molecule has 19 heavy (non-hydrogen) atoms. The number of hydrogen-bond acceptors (Lipinski definition) is 3. The first-order valence-electron chi connectivity index (χ1n) is 6.35. The van der Waals surface area contributed by atoms with E-state index >= 15 is 0 Å². The van der Waals surface area contributed by atoms with E-state index in [1.807, 2.05) is 24.3 Å². The molecule has 1 aromatic rings. The molecule has 0 spiro atoms. The summed E-state index contributed by atoms with van der Waals surface area (Å²) in [5, 5.41) is 11.0. The lowest BCUT2D eigenvalue weighted by Gasteiger charge is -2.21. The van der Waals surface area contributed by atoms with Gasteiger partial charge in [0.25, 0.3) is 5.69 Å². The molecule has 1 rings (SSSR count). The van der Waals surface area contributed by atoms with Gasteiger partial charge in [0.1, 0.15) is 0 Å². The number of nitro benzene ring substituents is 1. The van der Waals surface area contributed by atoms with Crippen LogP contribution in [0.4, 0.5) is 5.69 Å². The van der Waals surface area contributed by atoms with Crippen LogP contribution in [0.15, 0.2) is 49.6 Å². The SMILES string of the molecule is C=CCCN(CCC=C)Cc1ccccc1[N+](=O)[O-]. The van der Waals surface area contributed by atoms with Crippen molar-refractivity contribution in [1.82, 2.24) is 4.90 Å². The van der Waals surface area contributed by atoms with E-state index < -0.39 is 0 Å². The lowest BCUT2D eigenvalue weighted by atomic mass is 10.1. The molecule has 0 saturated heterocycles. The Morgan fingerprint density at radius 2 is 1.74 bits per heavy atom. The fraction of sp³-hybridized carbons (Fsp3) is 0.333. The Morgan fingerprint density at radius 1 is 1.16 bits per heavy atom. The minimum atomic E-state index is -0.325. The van der Waals surface area contributed by atoms with E-state index in [9.17, 15) is 10.1 Å². The van der Waals surface area contributed by atoms with Gasteiger partial charge in [-0.25, -0.2) is 0 Å². The fourth-order valence-electron chi connectivity index (χ4n) is 1.88. The van der Waals surface area contributed by atoms with Crippen LogP contribution in [0.25, 0.3) is 0 Å². The summed E-state index contributed by atoms with van der Waals surface area (Å²) < 4.78 is 0. The zero-order valence-electron chi connectivity index (χ0n) is 11.1. The summed E-state index contributed by atoms with van der Waals surface area (Å²) in [6.07, 6.45) is 5.47.